The third-order valence-electron chi connectivity index (χ3n) is 1.20. The van der Waals surface area contributed by atoms with Gasteiger partial charge in [0.1, 0.15) is 0 Å². The molecule has 0 bridgehead atoms. The van der Waals surface area contributed by atoms with E-state index in [0.717, 1.165) is 0 Å². The predicted octanol–water partition coefficient (Wildman–Crippen LogP) is 2.46. The highest BCUT2D eigenvalue weighted by atomic mass is 14.5. The number of nitrogens with two attached hydrogens (primary N) is 1. The Kier molecular flexibility index (Phi) is 6.90. The average molecular weight is 161 g/mol. The maximum Gasteiger partial charge on any atom is 0.0104 e. The van der Waals surface area contributed by atoms with Gasteiger partial charge in [-0.2, -0.15) is 0 Å². The topological polar surface area (TPSA) is 26.0 Å². The van der Waals surface area contributed by atoms with Crippen LogP contribution in [0.4, 0.5) is 0 Å². The Bertz CT molecular complexity index is 214. The second-order valence-corrected chi connectivity index (χ2v) is 2.14. The highest BCUT2D eigenvalue weighted by Crippen LogP contribution is 1.97. The van der Waals surface area contributed by atoms with Crippen LogP contribution in [0.2, 0.25) is 0 Å². The van der Waals surface area contributed by atoms with Crippen LogP contribution in [-0.4, -0.2) is 6.54 Å². The van der Waals surface area contributed by atoms with Crippen molar-refractivity contribution in [1.82, 2.24) is 0 Å². The summed E-state index contributed by atoms with van der Waals surface area (Å²) in [4.78, 5) is 0. The summed E-state index contributed by atoms with van der Waals surface area (Å²) in [5.74, 6) is 0. The third-order valence-corrected chi connectivity index (χ3v) is 1.20. The molecule has 0 aliphatic carbocycles. The molecule has 0 saturated carbocycles. The Hall–Kier alpha value is -1.34. The highest BCUT2D eigenvalue weighted by molar-refractivity contribution is 5.45. The monoisotopic (exact) mass is 161 g/mol. The van der Waals surface area contributed by atoms with Gasteiger partial charge in [-0.25, -0.2) is 0 Å². The van der Waals surface area contributed by atoms with E-state index < -0.39 is 0 Å². The molecular formula is C11H15N. The van der Waals surface area contributed by atoms with Gasteiger partial charge in [-0.15, -0.1) is 6.58 Å². The van der Waals surface area contributed by atoms with Crippen molar-refractivity contribution in [2.75, 3.05) is 6.54 Å². The predicted molar refractivity (Wildman–Crippen MR) is 55.8 cm³/mol. The molecule has 0 aromatic heterocycles. The van der Waals surface area contributed by atoms with Gasteiger partial charge >= 0.3 is 0 Å². The molecule has 1 aromatic rings. The summed E-state index contributed by atoms with van der Waals surface area (Å²) < 4.78 is 0. The summed E-state index contributed by atoms with van der Waals surface area (Å²) in [5.41, 5.74) is 6.08. The van der Waals surface area contributed by atoms with Gasteiger partial charge in [0.15, 0.2) is 0 Å². The first-order valence-corrected chi connectivity index (χ1v) is 3.83. The molecule has 64 valence electrons. The van der Waals surface area contributed by atoms with E-state index in [1.165, 1.54) is 5.56 Å². The van der Waals surface area contributed by atoms with E-state index in [1.807, 2.05) is 36.4 Å². The fourth-order valence-corrected chi connectivity index (χ4v) is 0.589. The second kappa shape index (κ2) is 7.76. The van der Waals surface area contributed by atoms with E-state index in [0.29, 0.717) is 6.54 Å². The molecule has 0 amide bonds. The van der Waals surface area contributed by atoms with Gasteiger partial charge in [0, 0.05) is 6.54 Å². The van der Waals surface area contributed by atoms with Crippen molar-refractivity contribution in [2.45, 2.75) is 0 Å². The minimum atomic E-state index is 0.583. The number of rotatable bonds is 2. The lowest BCUT2D eigenvalue weighted by molar-refractivity contribution is 1.26. The summed E-state index contributed by atoms with van der Waals surface area (Å²) in [7, 11) is 0. The van der Waals surface area contributed by atoms with Crippen molar-refractivity contribution in [3.05, 3.63) is 55.1 Å². The Morgan fingerprint density at radius 3 is 1.92 bits per heavy atom. The Labute approximate surface area is 74.2 Å². The molecule has 2 N–H and O–H groups in total. The van der Waals surface area contributed by atoms with Crippen LogP contribution in [0.1, 0.15) is 5.56 Å². The molecule has 0 radical (unpaired) electrons. The van der Waals surface area contributed by atoms with E-state index >= 15 is 0 Å². The molecule has 0 saturated heterocycles. The summed E-state index contributed by atoms with van der Waals surface area (Å²) >= 11 is 0. The molecule has 12 heavy (non-hydrogen) atoms. The molecule has 1 nitrogen and oxygen atoms in total. The van der Waals surface area contributed by atoms with Crippen molar-refractivity contribution < 1.29 is 0 Å². The minimum Gasteiger partial charge on any atom is -0.327 e. The SMILES string of the molecule is C=CCN.C=Cc1ccccc1. The van der Waals surface area contributed by atoms with Gasteiger partial charge in [-0.05, 0) is 5.56 Å². The van der Waals surface area contributed by atoms with Gasteiger partial charge < -0.3 is 5.73 Å². The van der Waals surface area contributed by atoms with Crippen molar-refractivity contribution in [3.63, 3.8) is 0 Å². The Balaban J connectivity index is 0.000000261. The fraction of sp³-hybridized carbons (Fsp3) is 0.0909. The van der Waals surface area contributed by atoms with Crippen LogP contribution in [-0.2, 0) is 0 Å². The number of hydrogen-bond donors (Lipinski definition) is 1. The quantitative estimate of drug-likeness (QED) is 0.662. The first-order valence-electron chi connectivity index (χ1n) is 3.83. The number of benzene rings is 1. The molecule has 0 aliphatic rings. The van der Waals surface area contributed by atoms with Crippen molar-refractivity contribution in [1.29, 1.82) is 0 Å². The van der Waals surface area contributed by atoms with E-state index in [-0.39, 0.29) is 0 Å². The van der Waals surface area contributed by atoms with Gasteiger partial charge in [0.05, 0.1) is 0 Å². The van der Waals surface area contributed by atoms with Crippen LogP contribution in [0.5, 0.6) is 0 Å². The van der Waals surface area contributed by atoms with E-state index in [2.05, 4.69) is 13.2 Å². The molecule has 0 fully saturated rings. The normalized spacial score (nSPS) is 7.75. The molecule has 0 spiro atoms. The average Bonchev–Trinajstić information content (AvgIpc) is 2.19. The molecule has 0 heterocycles. The molecule has 0 unspecified atom stereocenters. The van der Waals surface area contributed by atoms with E-state index in [4.69, 9.17) is 5.73 Å². The molecular weight excluding hydrogens is 146 g/mol. The summed E-state index contributed by atoms with van der Waals surface area (Å²) in [6.07, 6.45) is 3.49. The number of hydrogen-bond acceptors (Lipinski definition) is 1. The first-order chi connectivity index (χ1) is 5.85. The van der Waals surface area contributed by atoms with Crippen LogP contribution < -0.4 is 5.73 Å². The zero-order chi connectivity index (χ0) is 9.23. The smallest absolute Gasteiger partial charge is 0.0104 e. The fourth-order valence-electron chi connectivity index (χ4n) is 0.589. The molecule has 1 heteroatoms. The van der Waals surface area contributed by atoms with Crippen molar-refractivity contribution in [2.24, 2.45) is 5.73 Å². The minimum absolute atomic E-state index is 0.583. The van der Waals surface area contributed by atoms with Crippen molar-refractivity contribution >= 4 is 6.08 Å². The maximum atomic E-state index is 4.91. The van der Waals surface area contributed by atoms with Crippen LogP contribution in [0.25, 0.3) is 6.08 Å². The second-order valence-electron chi connectivity index (χ2n) is 2.14. The largest absolute Gasteiger partial charge is 0.327 e. The van der Waals surface area contributed by atoms with Crippen LogP contribution in [0, 0.1) is 0 Å². The van der Waals surface area contributed by atoms with Crippen LogP contribution in [0.15, 0.2) is 49.6 Å². The van der Waals surface area contributed by atoms with Crippen LogP contribution >= 0.6 is 0 Å². The maximum absolute atomic E-state index is 4.91. The van der Waals surface area contributed by atoms with E-state index in [9.17, 15) is 0 Å². The first kappa shape index (κ1) is 10.7. The summed E-state index contributed by atoms with van der Waals surface area (Å²) in [5, 5.41) is 0. The van der Waals surface area contributed by atoms with Gasteiger partial charge in [0.2, 0.25) is 0 Å². The molecule has 0 aliphatic heterocycles. The Morgan fingerprint density at radius 1 is 1.17 bits per heavy atom. The third kappa shape index (κ3) is 5.45. The van der Waals surface area contributed by atoms with Gasteiger partial charge in [0.25, 0.3) is 0 Å². The van der Waals surface area contributed by atoms with Gasteiger partial charge in [-0.1, -0.05) is 49.1 Å². The highest BCUT2D eigenvalue weighted by Gasteiger charge is 1.75. The van der Waals surface area contributed by atoms with Crippen molar-refractivity contribution in [3.8, 4) is 0 Å². The molecule has 1 rings (SSSR count). The summed E-state index contributed by atoms with van der Waals surface area (Å²) in [6.45, 7) is 7.57. The molecule has 1 aromatic carbocycles. The Morgan fingerprint density at radius 2 is 1.67 bits per heavy atom. The lowest BCUT2D eigenvalue weighted by Gasteiger charge is -1.85. The van der Waals surface area contributed by atoms with Gasteiger partial charge in [-0.3, -0.25) is 0 Å². The van der Waals surface area contributed by atoms with Crippen LogP contribution in [0.3, 0.4) is 0 Å². The molecule has 0 atom stereocenters. The summed E-state index contributed by atoms with van der Waals surface area (Å²) in [6, 6.07) is 10.0. The van der Waals surface area contributed by atoms with E-state index in [1.54, 1.807) is 6.08 Å². The zero-order valence-corrected chi connectivity index (χ0v) is 7.24. The lowest BCUT2D eigenvalue weighted by Crippen LogP contribution is -1.90. The lowest BCUT2D eigenvalue weighted by atomic mass is 10.2. The standard InChI is InChI=1S/C8H8.C3H7N/c1-2-8-6-4-3-5-7-8;1-2-3-4/h2-7H,1H2;2H,1,3-4H2. The zero-order valence-electron chi connectivity index (χ0n) is 7.24.